The summed E-state index contributed by atoms with van der Waals surface area (Å²) >= 11 is 0. The summed E-state index contributed by atoms with van der Waals surface area (Å²) in [5.41, 5.74) is 2.84. The Morgan fingerprint density at radius 3 is 2.36 bits per heavy atom. The predicted molar refractivity (Wildman–Crippen MR) is 103 cm³/mol. The summed E-state index contributed by atoms with van der Waals surface area (Å²) in [7, 11) is 5.75. The van der Waals surface area contributed by atoms with Crippen molar-refractivity contribution in [1.82, 2.24) is 10.2 Å². The smallest absolute Gasteiger partial charge is 0.185 e. The van der Waals surface area contributed by atoms with Gasteiger partial charge in [0, 0.05) is 25.2 Å². The van der Waals surface area contributed by atoms with Crippen molar-refractivity contribution in [2.24, 2.45) is 0 Å². The fourth-order valence-electron chi connectivity index (χ4n) is 2.31. The maximum absolute atomic E-state index is 12.3. The first-order valence-corrected chi connectivity index (χ1v) is 8.39. The summed E-state index contributed by atoms with van der Waals surface area (Å²) < 4.78 is 5.12. The van der Waals surface area contributed by atoms with E-state index in [9.17, 15) is 4.79 Å². The predicted octanol–water partition coefficient (Wildman–Crippen LogP) is 3.24. The number of ketones is 1. The molecule has 0 unspecified atom stereocenters. The maximum atomic E-state index is 12.3. The van der Waals surface area contributed by atoms with Gasteiger partial charge in [-0.1, -0.05) is 42.5 Å². The number of allylic oxidation sites excluding steroid dienone is 1. The highest BCUT2D eigenvalue weighted by Crippen LogP contribution is 2.13. The van der Waals surface area contributed by atoms with E-state index in [-0.39, 0.29) is 5.78 Å². The molecule has 0 spiro atoms. The zero-order valence-electron chi connectivity index (χ0n) is 15.2. The van der Waals surface area contributed by atoms with E-state index in [1.807, 2.05) is 54.6 Å². The summed E-state index contributed by atoms with van der Waals surface area (Å²) in [5, 5.41) is 3.39. The molecule has 2 aromatic carbocycles. The number of nitrogens with zero attached hydrogens (tertiary/aromatic N) is 1. The first-order chi connectivity index (χ1) is 12.1. The molecular weight excluding hydrogens is 312 g/mol. The van der Waals surface area contributed by atoms with E-state index >= 15 is 0 Å². The summed E-state index contributed by atoms with van der Waals surface area (Å²) in [4.78, 5) is 14.4. The van der Waals surface area contributed by atoms with E-state index in [0.717, 1.165) is 30.9 Å². The number of carbonyl (C=O) groups is 1. The van der Waals surface area contributed by atoms with Gasteiger partial charge in [-0.05, 0) is 43.4 Å². The van der Waals surface area contributed by atoms with Crippen LogP contribution in [0.1, 0.15) is 21.5 Å². The lowest BCUT2D eigenvalue weighted by atomic mass is 10.1. The van der Waals surface area contributed by atoms with Crippen molar-refractivity contribution < 1.29 is 9.53 Å². The number of benzene rings is 2. The first-order valence-electron chi connectivity index (χ1n) is 8.39. The summed E-state index contributed by atoms with van der Waals surface area (Å²) in [5.74, 6) is 0.807. The highest BCUT2D eigenvalue weighted by Gasteiger charge is 2.02. The Kier molecular flexibility index (Phi) is 7.38. The minimum Gasteiger partial charge on any atom is -0.497 e. The van der Waals surface area contributed by atoms with Crippen LogP contribution in [0, 0.1) is 0 Å². The largest absolute Gasteiger partial charge is 0.497 e. The second-order valence-corrected chi connectivity index (χ2v) is 6.15. The molecule has 0 saturated heterocycles. The van der Waals surface area contributed by atoms with Crippen LogP contribution in [0.5, 0.6) is 5.75 Å². The van der Waals surface area contributed by atoms with Crippen LogP contribution in [-0.2, 0) is 6.54 Å². The van der Waals surface area contributed by atoms with Gasteiger partial charge in [-0.15, -0.1) is 0 Å². The van der Waals surface area contributed by atoms with E-state index < -0.39 is 0 Å². The Morgan fingerprint density at radius 2 is 1.76 bits per heavy atom. The second kappa shape index (κ2) is 9.77. The lowest BCUT2D eigenvalue weighted by Gasteiger charge is -2.10. The molecule has 0 saturated carbocycles. The zero-order valence-corrected chi connectivity index (χ0v) is 15.2. The number of carbonyl (C=O) groups excluding carboxylic acids is 1. The van der Waals surface area contributed by atoms with Gasteiger partial charge in [-0.3, -0.25) is 4.79 Å². The molecule has 0 aliphatic rings. The van der Waals surface area contributed by atoms with Gasteiger partial charge in [-0.25, -0.2) is 0 Å². The number of likely N-dealkylation sites (N-methyl/N-ethyl adjacent to an activating group) is 1. The molecule has 2 rings (SSSR count). The lowest BCUT2D eigenvalue weighted by Crippen LogP contribution is -2.26. The molecule has 0 aromatic heterocycles. The minimum absolute atomic E-state index is 0.00272. The third-order valence-electron chi connectivity index (χ3n) is 3.85. The standard InChI is InChI=1S/C21H26N2O2/c1-23(2)15-14-22-16-18-4-9-19(10-5-18)21(24)13-8-17-6-11-20(25-3)12-7-17/h4-13,22H,14-16H2,1-3H3/b13-8+. The van der Waals surface area contributed by atoms with Gasteiger partial charge >= 0.3 is 0 Å². The molecule has 0 aliphatic heterocycles. The molecule has 0 heterocycles. The van der Waals surface area contributed by atoms with Crippen LogP contribution in [0.15, 0.2) is 54.6 Å². The van der Waals surface area contributed by atoms with Crippen LogP contribution in [0.2, 0.25) is 0 Å². The summed E-state index contributed by atoms with van der Waals surface area (Å²) in [6, 6.07) is 15.3. The number of hydrogen-bond donors (Lipinski definition) is 1. The van der Waals surface area contributed by atoms with Crippen molar-refractivity contribution in [1.29, 1.82) is 0 Å². The van der Waals surface area contributed by atoms with Gasteiger partial charge in [0.25, 0.3) is 0 Å². The van der Waals surface area contributed by atoms with Gasteiger partial charge in [0.15, 0.2) is 5.78 Å². The molecule has 0 radical (unpaired) electrons. The third-order valence-corrected chi connectivity index (χ3v) is 3.85. The van der Waals surface area contributed by atoms with Crippen LogP contribution in [0.25, 0.3) is 6.08 Å². The highest BCUT2D eigenvalue weighted by atomic mass is 16.5. The number of rotatable bonds is 9. The van der Waals surface area contributed by atoms with E-state index in [1.165, 1.54) is 5.56 Å². The monoisotopic (exact) mass is 338 g/mol. The molecule has 4 nitrogen and oxygen atoms in total. The average Bonchev–Trinajstić information content (AvgIpc) is 2.64. The van der Waals surface area contributed by atoms with Gasteiger partial charge in [0.05, 0.1) is 7.11 Å². The topological polar surface area (TPSA) is 41.6 Å². The SMILES string of the molecule is COc1ccc(/C=C/C(=O)c2ccc(CNCCN(C)C)cc2)cc1. The van der Waals surface area contributed by atoms with Crippen LogP contribution >= 0.6 is 0 Å². The van der Waals surface area contributed by atoms with E-state index in [4.69, 9.17) is 4.74 Å². The maximum Gasteiger partial charge on any atom is 0.185 e. The molecule has 0 atom stereocenters. The molecule has 25 heavy (non-hydrogen) atoms. The Hall–Kier alpha value is -2.43. The highest BCUT2D eigenvalue weighted by molar-refractivity contribution is 6.06. The summed E-state index contributed by atoms with van der Waals surface area (Å²) in [6.07, 6.45) is 3.42. The average molecular weight is 338 g/mol. The van der Waals surface area contributed by atoms with Gasteiger partial charge in [0.2, 0.25) is 0 Å². The van der Waals surface area contributed by atoms with Gasteiger partial charge in [0.1, 0.15) is 5.75 Å². The first kappa shape index (κ1) is 18.9. The van der Waals surface area contributed by atoms with Crippen molar-refractivity contribution >= 4 is 11.9 Å². The Balaban J connectivity index is 1.87. The van der Waals surface area contributed by atoms with Gasteiger partial charge in [-0.2, -0.15) is 0 Å². The van der Waals surface area contributed by atoms with Crippen molar-refractivity contribution in [3.05, 3.63) is 71.3 Å². The molecule has 132 valence electrons. The number of hydrogen-bond acceptors (Lipinski definition) is 4. The Bertz CT molecular complexity index is 689. The molecule has 0 amide bonds. The number of nitrogens with one attached hydrogen (secondary N) is 1. The quantitative estimate of drug-likeness (QED) is 0.433. The van der Waals surface area contributed by atoms with Crippen molar-refractivity contribution in [3.63, 3.8) is 0 Å². The molecule has 1 N–H and O–H groups in total. The molecule has 4 heteroatoms. The van der Waals surface area contributed by atoms with Crippen LogP contribution in [-0.4, -0.2) is 45.0 Å². The second-order valence-electron chi connectivity index (χ2n) is 6.15. The fraction of sp³-hybridized carbons (Fsp3) is 0.286. The van der Waals surface area contributed by atoms with Crippen LogP contribution < -0.4 is 10.1 Å². The summed E-state index contributed by atoms with van der Waals surface area (Å²) in [6.45, 7) is 2.76. The van der Waals surface area contributed by atoms with E-state index in [0.29, 0.717) is 5.56 Å². The molecular formula is C21H26N2O2. The van der Waals surface area contributed by atoms with E-state index in [1.54, 1.807) is 13.2 Å². The van der Waals surface area contributed by atoms with Crippen molar-refractivity contribution in [2.75, 3.05) is 34.3 Å². The van der Waals surface area contributed by atoms with Crippen molar-refractivity contribution in [3.8, 4) is 5.75 Å². The number of ether oxygens (including phenoxy) is 1. The van der Waals surface area contributed by atoms with Crippen molar-refractivity contribution in [2.45, 2.75) is 6.54 Å². The third kappa shape index (κ3) is 6.53. The Morgan fingerprint density at radius 1 is 1.08 bits per heavy atom. The molecule has 2 aromatic rings. The van der Waals surface area contributed by atoms with Crippen LogP contribution in [0.3, 0.4) is 0 Å². The van der Waals surface area contributed by atoms with E-state index in [2.05, 4.69) is 24.3 Å². The van der Waals surface area contributed by atoms with Gasteiger partial charge < -0.3 is 15.0 Å². The fourth-order valence-corrected chi connectivity index (χ4v) is 2.31. The molecule has 0 fully saturated rings. The molecule has 0 bridgehead atoms. The van der Waals surface area contributed by atoms with Crippen LogP contribution in [0.4, 0.5) is 0 Å². The lowest BCUT2D eigenvalue weighted by molar-refractivity contribution is 0.104. The zero-order chi connectivity index (χ0) is 18.1. The molecule has 0 aliphatic carbocycles. The number of methoxy groups -OCH3 is 1. The normalized spacial score (nSPS) is 11.2. The minimum atomic E-state index is 0.00272. The Labute approximate surface area is 150 Å².